The van der Waals surface area contributed by atoms with Crippen LogP contribution in [0, 0.1) is 19.7 Å². The number of rotatable bonds is 2. The predicted octanol–water partition coefficient (Wildman–Crippen LogP) is 2.70. The maximum Gasteiger partial charge on any atom is 0.154 e. The number of halogens is 1. The molecule has 116 valence electrons. The van der Waals surface area contributed by atoms with Crippen LogP contribution in [0.3, 0.4) is 0 Å². The van der Waals surface area contributed by atoms with E-state index in [1.807, 2.05) is 0 Å². The van der Waals surface area contributed by atoms with Crippen molar-refractivity contribution < 1.29 is 4.39 Å². The van der Waals surface area contributed by atoms with Gasteiger partial charge in [-0.2, -0.15) is 0 Å². The number of piperazine rings is 1. The molecule has 0 spiro atoms. The zero-order valence-corrected chi connectivity index (χ0v) is 13.2. The monoisotopic (exact) mass is 300 g/mol. The van der Waals surface area contributed by atoms with E-state index in [0.29, 0.717) is 6.04 Å². The summed E-state index contributed by atoms with van der Waals surface area (Å²) in [5.74, 6) is 0.717. The highest BCUT2D eigenvalue weighted by molar-refractivity contribution is 5.66. The zero-order chi connectivity index (χ0) is 15.7. The molecule has 1 aliphatic heterocycles. The Kier molecular flexibility index (Phi) is 4.07. The largest absolute Gasteiger partial charge is 0.352 e. The van der Waals surface area contributed by atoms with E-state index in [2.05, 4.69) is 41.2 Å². The highest BCUT2D eigenvalue weighted by atomic mass is 19.1. The normalized spacial score (nSPS) is 18.5. The summed E-state index contributed by atoms with van der Waals surface area (Å²) in [6.45, 7) is 9.15. The molecule has 1 atom stereocenters. The summed E-state index contributed by atoms with van der Waals surface area (Å²) >= 11 is 0. The van der Waals surface area contributed by atoms with Gasteiger partial charge in [0.25, 0.3) is 0 Å². The second-order valence-corrected chi connectivity index (χ2v) is 5.93. The van der Waals surface area contributed by atoms with E-state index in [-0.39, 0.29) is 5.82 Å². The minimum absolute atomic E-state index is 0.238. The summed E-state index contributed by atoms with van der Waals surface area (Å²) < 4.78 is 13.1. The van der Waals surface area contributed by atoms with Gasteiger partial charge in [0.15, 0.2) is 5.82 Å². The zero-order valence-electron chi connectivity index (χ0n) is 13.2. The van der Waals surface area contributed by atoms with Crippen LogP contribution in [-0.2, 0) is 0 Å². The molecule has 0 aliphatic carbocycles. The lowest BCUT2D eigenvalue weighted by Gasteiger charge is -2.33. The third kappa shape index (κ3) is 2.81. The standard InChI is InChI=1S/C17H21FN4/c1-11-10-22(9-8-19-11)17-13(3)12(2)16(20-21-17)14-4-6-15(18)7-5-14/h4-7,11,19H,8-10H2,1-3H3. The highest BCUT2D eigenvalue weighted by Crippen LogP contribution is 2.28. The average molecular weight is 300 g/mol. The Labute approximate surface area is 130 Å². The van der Waals surface area contributed by atoms with Gasteiger partial charge in [-0.3, -0.25) is 0 Å². The van der Waals surface area contributed by atoms with E-state index in [1.165, 1.54) is 12.1 Å². The van der Waals surface area contributed by atoms with Crippen molar-refractivity contribution >= 4 is 5.82 Å². The van der Waals surface area contributed by atoms with Crippen molar-refractivity contribution in [3.8, 4) is 11.3 Å². The molecule has 1 aromatic heterocycles. The van der Waals surface area contributed by atoms with Gasteiger partial charge >= 0.3 is 0 Å². The molecule has 4 nitrogen and oxygen atoms in total. The van der Waals surface area contributed by atoms with Crippen LogP contribution in [-0.4, -0.2) is 35.9 Å². The lowest BCUT2D eigenvalue weighted by Crippen LogP contribution is -2.49. The van der Waals surface area contributed by atoms with Crippen LogP contribution in [0.15, 0.2) is 24.3 Å². The van der Waals surface area contributed by atoms with Gasteiger partial charge in [0.05, 0.1) is 5.69 Å². The Hall–Kier alpha value is -2.01. The van der Waals surface area contributed by atoms with E-state index in [0.717, 1.165) is 47.8 Å². The van der Waals surface area contributed by atoms with Crippen LogP contribution in [0.1, 0.15) is 18.1 Å². The van der Waals surface area contributed by atoms with Crippen molar-refractivity contribution in [3.05, 3.63) is 41.2 Å². The first kappa shape index (κ1) is 14.9. The number of aromatic nitrogens is 2. The topological polar surface area (TPSA) is 41.1 Å². The molecule has 22 heavy (non-hydrogen) atoms. The van der Waals surface area contributed by atoms with Crippen molar-refractivity contribution in [3.63, 3.8) is 0 Å². The number of anilines is 1. The van der Waals surface area contributed by atoms with Gasteiger partial charge in [0.1, 0.15) is 5.82 Å². The summed E-state index contributed by atoms with van der Waals surface area (Å²) in [5, 5.41) is 12.3. The molecule has 2 heterocycles. The van der Waals surface area contributed by atoms with Crippen LogP contribution in [0.2, 0.25) is 0 Å². The first-order valence-corrected chi connectivity index (χ1v) is 7.64. The maximum absolute atomic E-state index is 13.1. The van der Waals surface area contributed by atoms with E-state index in [1.54, 1.807) is 12.1 Å². The molecule has 1 N–H and O–H groups in total. The van der Waals surface area contributed by atoms with Crippen LogP contribution in [0.4, 0.5) is 10.2 Å². The smallest absolute Gasteiger partial charge is 0.154 e. The molecule has 1 fully saturated rings. The Morgan fingerprint density at radius 3 is 2.55 bits per heavy atom. The van der Waals surface area contributed by atoms with E-state index in [9.17, 15) is 4.39 Å². The first-order chi connectivity index (χ1) is 10.6. The lowest BCUT2D eigenvalue weighted by atomic mass is 10.0. The minimum atomic E-state index is -0.238. The molecule has 5 heteroatoms. The minimum Gasteiger partial charge on any atom is -0.352 e. The fourth-order valence-electron chi connectivity index (χ4n) is 2.90. The third-order valence-corrected chi connectivity index (χ3v) is 4.28. The molecule has 0 bridgehead atoms. The van der Waals surface area contributed by atoms with Gasteiger partial charge in [-0.15, -0.1) is 10.2 Å². The average Bonchev–Trinajstić information content (AvgIpc) is 2.51. The van der Waals surface area contributed by atoms with Crippen LogP contribution in [0.5, 0.6) is 0 Å². The molecule has 2 aromatic rings. The summed E-state index contributed by atoms with van der Waals surface area (Å²) in [6, 6.07) is 6.86. The molecular weight excluding hydrogens is 279 g/mol. The Morgan fingerprint density at radius 1 is 1.14 bits per heavy atom. The van der Waals surface area contributed by atoms with Crippen molar-refractivity contribution in [1.29, 1.82) is 0 Å². The highest BCUT2D eigenvalue weighted by Gasteiger charge is 2.21. The first-order valence-electron chi connectivity index (χ1n) is 7.64. The number of nitrogens with zero attached hydrogens (tertiary/aromatic N) is 3. The summed E-state index contributed by atoms with van der Waals surface area (Å²) in [5.41, 5.74) is 3.96. The Bertz CT molecular complexity index is 669. The number of nitrogens with one attached hydrogen (secondary N) is 1. The second-order valence-electron chi connectivity index (χ2n) is 5.93. The number of benzene rings is 1. The SMILES string of the molecule is Cc1c(-c2ccc(F)cc2)nnc(N2CCNC(C)C2)c1C. The van der Waals surface area contributed by atoms with Crippen LogP contribution in [0.25, 0.3) is 11.3 Å². The molecule has 0 amide bonds. The molecule has 0 radical (unpaired) electrons. The van der Waals surface area contributed by atoms with E-state index >= 15 is 0 Å². The van der Waals surface area contributed by atoms with Crippen molar-refractivity contribution in [2.45, 2.75) is 26.8 Å². The summed E-state index contributed by atoms with van der Waals surface area (Å²) in [7, 11) is 0. The predicted molar refractivity (Wildman–Crippen MR) is 86.6 cm³/mol. The fraction of sp³-hybridized carbons (Fsp3) is 0.412. The lowest BCUT2D eigenvalue weighted by molar-refractivity contribution is 0.480. The molecule has 1 unspecified atom stereocenters. The van der Waals surface area contributed by atoms with Crippen LogP contribution < -0.4 is 10.2 Å². The summed E-state index contributed by atoms with van der Waals surface area (Å²) in [6.07, 6.45) is 0. The van der Waals surface area contributed by atoms with Gasteiger partial charge in [-0.05, 0) is 56.2 Å². The van der Waals surface area contributed by atoms with Gasteiger partial charge in [0.2, 0.25) is 0 Å². The second kappa shape index (κ2) is 6.01. The molecule has 0 saturated carbocycles. The number of hydrogen-bond donors (Lipinski definition) is 1. The van der Waals surface area contributed by atoms with E-state index < -0.39 is 0 Å². The molecule has 1 saturated heterocycles. The fourth-order valence-corrected chi connectivity index (χ4v) is 2.90. The summed E-state index contributed by atoms with van der Waals surface area (Å²) in [4.78, 5) is 2.28. The molecular formula is C17H21FN4. The van der Waals surface area contributed by atoms with Crippen LogP contribution >= 0.6 is 0 Å². The van der Waals surface area contributed by atoms with Gasteiger partial charge in [-0.1, -0.05) is 0 Å². The maximum atomic E-state index is 13.1. The van der Waals surface area contributed by atoms with Crippen molar-refractivity contribution in [2.75, 3.05) is 24.5 Å². The van der Waals surface area contributed by atoms with Gasteiger partial charge < -0.3 is 10.2 Å². The van der Waals surface area contributed by atoms with Gasteiger partial charge in [0, 0.05) is 31.2 Å². The third-order valence-electron chi connectivity index (χ3n) is 4.28. The quantitative estimate of drug-likeness (QED) is 0.926. The molecule has 1 aromatic carbocycles. The van der Waals surface area contributed by atoms with Crippen molar-refractivity contribution in [2.24, 2.45) is 0 Å². The Morgan fingerprint density at radius 2 is 1.86 bits per heavy atom. The van der Waals surface area contributed by atoms with Gasteiger partial charge in [-0.25, -0.2) is 4.39 Å². The number of hydrogen-bond acceptors (Lipinski definition) is 4. The molecule has 3 rings (SSSR count). The van der Waals surface area contributed by atoms with E-state index in [4.69, 9.17) is 0 Å². The molecule has 1 aliphatic rings. The van der Waals surface area contributed by atoms with Crippen molar-refractivity contribution in [1.82, 2.24) is 15.5 Å². The Balaban J connectivity index is 1.96.